The molecule has 3 rings (SSSR count). The molecule has 5 nitrogen and oxygen atoms in total. The number of benzene rings is 2. The summed E-state index contributed by atoms with van der Waals surface area (Å²) in [5, 5.41) is 3.91. The van der Waals surface area contributed by atoms with Gasteiger partial charge in [0.05, 0.1) is 5.75 Å². The third-order valence-electron chi connectivity index (χ3n) is 3.32. The Morgan fingerprint density at radius 3 is 2.69 bits per heavy atom. The smallest absolute Gasteiger partial charge is 0.252 e. The van der Waals surface area contributed by atoms with E-state index < -0.39 is 0 Å². The van der Waals surface area contributed by atoms with Gasteiger partial charge in [-0.1, -0.05) is 47.1 Å². The van der Waals surface area contributed by atoms with Crippen LogP contribution in [0.15, 0.2) is 66.0 Å². The van der Waals surface area contributed by atoms with E-state index in [9.17, 15) is 4.79 Å². The molecule has 1 heterocycles. The van der Waals surface area contributed by atoms with Crippen LogP contribution in [0.4, 0.5) is 5.69 Å². The number of thioether (sulfide) groups is 1. The predicted molar refractivity (Wildman–Crippen MR) is 104 cm³/mol. The van der Waals surface area contributed by atoms with Crippen molar-refractivity contribution in [2.75, 3.05) is 11.1 Å². The van der Waals surface area contributed by atoms with Gasteiger partial charge in [0.2, 0.25) is 5.91 Å². The summed E-state index contributed by atoms with van der Waals surface area (Å²) in [4.78, 5) is 20.6. The molecule has 7 heteroatoms. The van der Waals surface area contributed by atoms with Crippen molar-refractivity contribution in [2.45, 2.75) is 11.9 Å². The highest BCUT2D eigenvalue weighted by Crippen LogP contribution is 2.29. The van der Waals surface area contributed by atoms with E-state index in [2.05, 4.69) is 15.3 Å². The van der Waals surface area contributed by atoms with Crippen molar-refractivity contribution in [1.29, 1.82) is 0 Å². The highest BCUT2D eigenvalue weighted by atomic mass is 35.5. The van der Waals surface area contributed by atoms with Crippen LogP contribution in [0.25, 0.3) is 0 Å². The fourth-order valence-corrected chi connectivity index (χ4v) is 2.98. The molecule has 0 bridgehead atoms. The fraction of sp³-hybridized carbons (Fsp3) is 0.105. The van der Waals surface area contributed by atoms with Gasteiger partial charge < -0.3 is 10.1 Å². The lowest BCUT2D eigenvalue weighted by Crippen LogP contribution is -2.14. The summed E-state index contributed by atoms with van der Waals surface area (Å²) >= 11 is 7.17. The summed E-state index contributed by atoms with van der Waals surface area (Å²) in [7, 11) is 0. The molecule has 132 valence electrons. The molecule has 0 aliphatic carbocycles. The molecule has 1 aromatic heterocycles. The van der Waals surface area contributed by atoms with Gasteiger partial charge in [0.1, 0.15) is 5.75 Å². The number of carbonyl (C=O) groups excluding carboxylic acids is 1. The average Bonchev–Trinajstić information content (AvgIpc) is 2.63. The van der Waals surface area contributed by atoms with E-state index in [1.54, 1.807) is 36.7 Å². The van der Waals surface area contributed by atoms with Gasteiger partial charge in [0.25, 0.3) is 5.88 Å². The monoisotopic (exact) mass is 385 g/mol. The fourth-order valence-electron chi connectivity index (χ4n) is 2.10. The molecule has 0 aliphatic rings. The first-order chi connectivity index (χ1) is 12.6. The minimum absolute atomic E-state index is 0.163. The average molecular weight is 386 g/mol. The largest absolute Gasteiger partial charge is 0.437 e. The van der Waals surface area contributed by atoms with Gasteiger partial charge in [-0.3, -0.25) is 4.79 Å². The summed E-state index contributed by atoms with van der Waals surface area (Å²) in [6.45, 7) is 2.01. The van der Waals surface area contributed by atoms with Crippen LogP contribution < -0.4 is 10.1 Å². The molecule has 0 radical (unpaired) electrons. The number of aryl methyl sites for hydroxylation is 1. The van der Waals surface area contributed by atoms with Gasteiger partial charge in [-0.25, -0.2) is 9.97 Å². The Hall–Kier alpha value is -2.57. The summed E-state index contributed by atoms with van der Waals surface area (Å²) in [6, 6.07) is 14.6. The van der Waals surface area contributed by atoms with Crippen molar-refractivity contribution >= 4 is 35.0 Å². The van der Waals surface area contributed by atoms with E-state index in [1.807, 2.05) is 31.2 Å². The Morgan fingerprint density at radius 1 is 1.15 bits per heavy atom. The normalized spacial score (nSPS) is 10.4. The summed E-state index contributed by atoms with van der Waals surface area (Å²) in [5.74, 6) is 1.05. The van der Waals surface area contributed by atoms with Crippen molar-refractivity contribution < 1.29 is 9.53 Å². The van der Waals surface area contributed by atoms with Gasteiger partial charge >= 0.3 is 0 Å². The van der Waals surface area contributed by atoms with Crippen molar-refractivity contribution in [3.63, 3.8) is 0 Å². The van der Waals surface area contributed by atoms with Crippen LogP contribution >= 0.6 is 23.4 Å². The molecule has 1 N–H and O–H groups in total. The SMILES string of the molecule is Cc1ccc(Oc2nccnc2SCC(=O)Nc2cccc(Cl)c2)cc1. The first-order valence-corrected chi connectivity index (χ1v) is 9.20. The highest BCUT2D eigenvalue weighted by molar-refractivity contribution is 8.00. The standard InChI is InChI=1S/C19H16ClN3O2S/c1-13-5-7-16(8-6-13)25-18-19(22-10-9-21-18)26-12-17(24)23-15-4-2-3-14(20)11-15/h2-11H,12H2,1H3,(H,23,24). The molecule has 1 amide bonds. The van der Waals surface area contributed by atoms with E-state index in [0.29, 0.717) is 27.4 Å². The lowest BCUT2D eigenvalue weighted by Gasteiger charge is -2.09. The first kappa shape index (κ1) is 18.2. The molecule has 0 saturated heterocycles. The maximum Gasteiger partial charge on any atom is 0.252 e. The molecule has 0 spiro atoms. The van der Waals surface area contributed by atoms with Gasteiger partial charge in [-0.2, -0.15) is 0 Å². The van der Waals surface area contributed by atoms with Crippen molar-refractivity contribution in [1.82, 2.24) is 9.97 Å². The second kappa shape index (κ2) is 8.69. The number of ether oxygens (including phenoxy) is 1. The van der Waals surface area contributed by atoms with Crippen molar-refractivity contribution in [2.24, 2.45) is 0 Å². The molecule has 3 aromatic rings. The van der Waals surface area contributed by atoms with Crippen LogP contribution in [0.5, 0.6) is 11.6 Å². The molecular formula is C19H16ClN3O2S. The molecule has 26 heavy (non-hydrogen) atoms. The predicted octanol–water partition coefficient (Wildman–Crippen LogP) is 4.96. The third-order valence-corrected chi connectivity index (χ3v) is 4.51. The lowest BCUT2D eigenvalue weighted by atomic mass is 10.2. The zero-order valence-electron chi connectivity index (χ0n) is 14.0. The zero-order chi connectivity index (χ0) is 18.4. The number of halogens is 1. The quantitative estimate of drug-likeness (QED) is 0.607. The van der Waals surface area contributed by atoms with Crippen LogP contribution in [-0.2, 0) is 4.79 Å². The highest BCUT2D eigenvalue weighted by Gasteiger charge is 2.11. The third kappa shape index (κ3) is 5.21. The van der Waals surface area contributed by atoms with Crippen LogP contribution in [0.3, 0.4) is 0 Å². The second-order valence-electron chi connectivity index (χ2n) is 5.43. The van der Waals surface area contributed by atoms with E-state index in [4.69, 9.17) is 16.3 Å². The number of rotatable bonds is 6. The number of nitrogens with one attached hydrogen (secondary N) is 1. The van der Waals surface area contributed by atoms with Gasteiger partial charge in [0.15, 0.2) is 5.03 Å². The summed E-state index contributed by atoms with van der Waals surface area (Å²) in [5.41, 5.74) is 1.79. The van der Waals surface area contributed by atoms with E-state index in [-0.39, 0.29) is 11.7 Å². The van der Waals surface area contributed by atoms with Crippen LogP contribution in [0.1, 0.15) is 5.56 Å². The lowest BCUT2D eigenvalue weighted by molar-refractivity contribution is -0.113. The molecule has 2 aromatic carbocycles. The van der Waals surface area contributed by atoms with Crippen molar-refractivity contribution in [3.05, 3.63) is 71.5 Å². The maximum atomic E-state index is 12.1. The zero-order valence-corrected chi connectivity index (χ0v) is 15.6. The number of hydrogen-bond donors (Lipinski definition) is 1. The Morgan fingerprint density at radius 2 is 1.92 bits per heavy atom. The Bertz CT molecular complexity index is 903. The minimum atomic E-state index is -0.163. The number of carbonyl (C=O) groups is 1. The number of aromatic nitrogens is 2. The van der Waals surface area contributed by atoms with E-state index in [0.717, 1.165) is 5.56 Å². The first-order valence-electron chi connectivity index (χ1n) is 7.84. The molecule has 0 saturated carbocycles. The topological polar surface area (TPSA) is 64.1 Å². The molecule has 0 aliphatic heterocycles. The van der Waals surface area contributed by atoms with Crippen LogP contribution in [0, 0.1) is 6.92 Å². The van der Waals surface area contributed by atoms with Gasteiger partial charge in [-0.15, -0.1) is 0 Å². The van der Waals surface area contributed by atoms with Crippen LogP contribution in [-0.4, -0.2) is 21.6 Å². The van der Waals surface area contributed by atoms with Gasteiger partial charge in [0, 0.05) is 23.1 Å². The molecule has 0 atom stereocenters. The second-order valence-corrected chi connectivity index (χ2v) is 6.83. The maximum absolute atomic E-state index is 12.1. The summed E-state index contributed by atoms with van der Waals surface area (Å²) in [6.07, 6.45) is 3.12. The van der Waals surface area contributed by atoms with Crippen molar-refractivity contribution in [3.8, 4) is 11.6 Å². The van der Waals surface area contributed by atoms with E-state index in [1.165, 1.54) is 11.8 Å². The van der Waals surface area contributed by atoms with Gasteiger partial charge in [-0.05, 0) is 37.3 Å². The number of anilines is 1. The number of amides is 1. The Labute approximate surface area is 160 Å². The minimum Gasteiger partial charge on any atom is -0.437 e. The Balaban J connectivity index is 1.62. The van der Waals surface area contributed by atoms with E-state index >= 15 is 0 Å². The number of nitrogens with zero attached hydrogens (tertiary/aromatic N) is 2. The Kier molecular flexibility index (Phi) is 6.09. The van der Waals surface area contributed by atoms with Crippen LogP contribution in [0.2, 0.25) is 5.02 Å². The molecule has 0 fully saturated rings. The summed E-state index contributed by atoms with van der Waals surface area (Å²) < 4.78 is 5.79. The molecule has 0 unspecified atom stereocenters. The molecular weight excluding hydrogens is 370 g/mol. The number of hydrogen-bond acceptors (Lipinski definition) is 5.